The van der Waals surface area contributed by atoms with Crippen LogP contribution in [0, 0.1) is 5.41 Å². The lowest BCUT2D eigenvalue weighted by atomic mass is 9.63. The van der Waals surface area contributed by atoms with E-state index >= 15 is 0 Å². The maximum atomic E-state index is 12.4. The molecule has 1 aromatic carbocycles. The second kappa shape index (κ2) is 5.54. The molecular formula is C16H24ClNO. The van der Waals surface area contributed by atoms with Gasteiger partial charge in [-0.25, -0.2) is 0 Å². The summed E-state index contributed by atoms with van der Waals surface area (Å²) in [5, 5.41) is 3.72. The molecule has 0 saturated carbocycles. The van der Waals surface area contributed by atoms with E-state index in [0.717, 1.165) is 5.56 Å². The van der Waals surface area contributed by atoms with Crippen LogP contribution in [0.15, 0.2) is 24.3 Å². The van der Waals surface area contributed by atoms with Gasteiger partial charge in [0.05, 0.1) is 5.41 Å². The van der Waals surface area contributed by atoms with Crippen molar-refractivity contribution in [3.63, 3.8) is 0 Å². The Labute approximate surface area is 121 Å². The van der Waals surface area contributed by atoms with Crippen LogP contribution in [0.5, 0.6) is 0 Å². The smallest absolute Gasteiger partial charge is 0.226 e. The molecule has 0 unspecified atom stereocenters. The zero-order chi connectivity index (χ0) is 14.8. The highest BCUT2D eigenvalue weighted by Gasteiger charge is 2.44. The average molecular weight is 282 g/mol. The number of amides is 1. The Morgan fingerprint density at radius 3 is 2.00 bits per heavy atom. The van der Waals surface area contributed by atoms with Gasteiger partial charge in [0, 0.05) is 16.5 Å². The van der Waals surface area contributed by atoms with Crippen LogP contribution in [0.3, 0.4) is 0 Å². The number of halogens is 1. The van der Waals surface area contributed by atoms with Gasteiger partial charge in [0.15, 0.2) is 0 Å². The molecular weight excluding hydrogens is 258 g/mol. The minimum absolute atomic E-state index is 0.0717. The Bertz CT molecular complexity index is 446. The van der Waals surface area contributed by atoms with Crippen molar-refractivity contribution in [2.75, 3.05) is 0 Å². The van der Waals surface area contributed by atoms with E-state index < -0.39 is 5.41 Å². The molecule has 0 atom stereocenters. The lowest BCUT2D eigenvalue weighted by molar-refractivity contribution is -0.133. The third-order valence-corrected chi connectivity index (χ3v) is 4.37. The normalized spacial score (nSPS) is 12.6. The highest BCUT2D eigenvalue weighted by atomic mass is 35.5. The Morgan fingerprint density at radius 1 is 1.11 bits per heavy atom. The van der Waals surface area contributed by atoms with Gasteiger partial charge in [-0.15, -0.1) is 0 Å². The summed E-state index contributed by atoms with van der Waals surface area (Å²) in [6.07, 6.45) is 0. The van der Waals surface area contributed by atoms with Gasteiger partial charge in [-0.1, -0.05) is 51.4 Å². The van der Waals surface area contributed by atoms with Crippen molar-refractivity contribution in [2.45, 2.75) is 53.0 Å². The first-order chi connectivity index (χ1) is 8.59. The molecule has 1 rings (SSSR count). The van der Waals surface area contributed by atoms with E-state index in [9.17, 15) is 4.79 Å². The molecule has 0 aliphatic heterocycles. The van der Waals surface area contributed by atoms with Crippen molar-refractivity contribution in [2.24, 2.45) is 5.41 Å². The molecule has 0 aromatic heterocycles. The Morgan fingerprint density at radius 2 is 1.58 bits per heavy atom. The summed E-state index contributed by atoms with van der Waals surface area (Å²) in [5.74, 6) is 0.0717. The molecule has 0 spiro atoms. The minimum atomic E-state index is -0.509. The number of hydrogen-bond donors (Lipinski definition) is 1. The molecule has 0 heterocycles. The van der Waals surface area contributed by atoms with Crippen LogP contribution in [-0.4, -0.2) is 11.9 Å². The first-order valence-corrected chi connectivity index (χ1v) is 7.04. The summed E-state index contributed by atoms with van der Waals surface area (Å²) in [5.41, 5.74) is 0.322. The first-order valence-electron chi connectivity index (χ1n) is 6.66. The molecule has 0 fully saturated rings. The largest absolute Gasteiger partial charge is 0.353 e. The van der Waals surface area contributed by atoms with Crippen molar-refractivity contribution in [1.82, 2.24) is 5.32 Å². The molecule has 106 valence electrons. The molecule has 0 bridgehead atoms. The fourth-order valence-electron chi connectivity index (χ4n) is 1.95. The number of hydrogen-bond acceptors (Lipinski definition) is 1. The maximum Gasteiger partial charge on any atom is 0.226 e. The number of carbonyl (C=O) groups is 1. The number of rotatable bonds is 4. The van der Waals surface area contributed by atoms with Gasteiger partial charge >= 0.3 is 0 Å². The monoisotopic (exact) mass is 281 g/mol. The Balaban J connectivity index is 3.09. The van der Waals surface area contributed by atoms with Gasteiger partial charge in [0.2, 0.25) is 5.91 Å². The standard InChI is InChI=1S/C16H24ClNO/c1-11(2)18-14(19)16(5,6)15(3,4)12-7-9-13(17)10-8-12/h7-11H,1-6H3,(H,18,19). The Hall–Kier alpha value is -1.02. The second-order valence-electron chi connectivity index (χ2n) is 6.39. The van der Waals surface area contributed by atoms with Crippen LogP contribution in [0.4, 0.5) is 0 Å². The van der Waals surface area contributed by atoms with Crippen LogP contribution in [0.25, 0.3) is 0 Å². The van der Waals surface area contributed by atoms with Crippen LogP contribution in [0.1, 0.15) is 47.1 Å². The van der Waals surface area contributed by atoms with E-state index in [0.29, 0.717) is 5.02 Å². The van der Waals surface area contributed by atoms with Gasteiger partial charge in [-0.05, 0) is 31.5 Å². The summed E-state index contributed by atoms with van der Waals surface area (Å²) >= 11 is 5.93. The fraction of sp³-hybridized carbons (Fsp3) is 0.562. The van der Waals surface area contributed by atoms with Crippen molar-refractivity contribution >= 4 is 17.5 Å². The summed E-state index contributed by atoms with van der Waals surface area (Å²) in [4.78, 5) is 12.4. The zero-order valence-electron chi connectivity index (χ0n) is 12.7. The predicted octanol–water partition coefficient (Wildman–Crippen LogP) is 4.17. The second-order valence-corrected chi connectivity index (χ2v) is 6.82. The minimum Gasteiger partial charge on any atom is -0.353 e. The topological polar surface area (TPSA) is 29.1 Å². The van der Waals surface area contributed by atoms with E-state index in [2.05, 4.69) is 19.2 Å². The Kier molecular flexibility index (Phi) is 4.67. The molecule has 1 aromatic rings. The average Bonchev–Trinajstić information content (AvgIpc) is 2.28. The quantitative estimate of drug-likeness (QED) is 0.882. The number of benzene rings is 1. The van der Waals surface area contributed by atoms with E-state index in [4.69, 9.17) is 11.6 Å². The molecule has 0 aliphatic carbocycles. The van der Waals surface area contributed by atoms with Crippen LogP contribution >= 0.6 is 11.6 Å². The highest BCUT2D eigenvalue weighted by molar-refractivity contribution is 6.30. The van der Waals surface area contributed by atoms with E-state index in [1.807, 2.05) is 52.0 Å². The van der Waals surface area contributed by atoms with E-state index in [-0.39, 0.29) is 17.4 Å². The van der Waals surface area contributed by atoms with Gasteiger partial charge in [0.25, 0.3) is 0 Å². The van der Waals surface area contributed by atoms with E-state index in [1.165, 1.54) is 0 Å². The van der Waals surface area contributed by atoms with Gasteiger partial charge in [-0.2, -0.15) is 0 Å². The summed E-state index contributed by atoms with van der Waals surface area (Å²) in [7, 11) is 0. The lowest BCUT2D eigenvalue weighted by Gasteiger charge is -2.41. The van der Waals surface area contributed by atoms with Gasteiger partial charge in [0.1, 0.15) is 0 Å². The van der Waals surface area contributed by atoms with E-state index in [1.54, 1.807) is 0 Å². The highest BCUT2D eigenvalue weighted by Crippen LogP contribution is 2.41. The van der Waals surface area contributed by atoms with Gasteiger partial charge < -0.3 is 5.32 Å². The molecule has 0 saturated heterocycles. The van der Waals surface area contributed by atoms with Crippen LogP contribution in [-0.2, 0) is 10.2 Å². The third-order valence-electron chi connectivity index (χ3n) is 4.12. The van der Waals surface area contributed by atoms with Crippen molar-refractivity contribution < 1.29 is 4.79 Å². The van der Waals surface area contributed by atoms with Crippen molar-refractivity contribution in [3.05, 3.63) is 34.9 Å². The van der Waals surface area contributed by atoms with Crippen LogP contribution < -0.4 is 5.32 Å². The lowest BCUT2D eigenvalue weighted by Crippen LogP contribution is -2.50. The molecule has 1 amide bonds. The molecule has 0 aliphatic rings. The number of nitrogens with one attached hydrogen (secondary N) is 1. The molecule has 1 N–H and O–H groups in total. The number of carbonyl (C=O) groups excluding carboxylic acids is 1. The van der Waals surface area contributed by atoms with Crippen molar-refractivity contribution in [1.29, 1.82) is 0 Å². The molecule has 3 heteroatoms. The molecule has 19 heavy (non-hydrogen) atoms. The maximum absolute atomic E-state index is 12.4. The molecule has 2 nitrogen and oxygen atoms in total. The summed E-state index contributed by atoms with van der Waals surface area (Å²) in [6, 6.07) is 7.87. The molecule has 0 radical (unpaired) electrons. The fourth-order valence-corrected chi connectivity index (χ4v) is 2.08. The summed E-state index contributed by atoms with van der Waals surface area (Å²) in [6.45, 7) is 12.1. The zero-order valence-corrected chi connectivity index (χ0v) is 13.4. The summed E-state index contributed by atoms with van der Waals surface area (Å²) < 4.78 is 0. The third kappa shape index (κ3) is 3.30. The van der Waals surface area contributed by atoms with Crippen LogP contribution in [0.2, 0.25) is 5.02 Å². The van der Waals surface area contributed by atoms with Crippen molar-refractivity contribution in [3.8, 4) is 0 Å². The SMILES string of the molecule is CC(C)NC(=O)C(C)(C)C(C)(C)c1ccc(Cl)cc1. The predicted molar refractivity (Wildman–Crippen MR) is 81.5 cm³/mol. The van der Waals surface area contributed by atoms with Gasteiger partial charge in [-0.3, -0.25) is 4.79 Å². The first kappa shape index (κ1) is 16.0.